The molecule has 0 radical (unpaired) electrons. The van der Waals surface area contributed by atoms with Gasteiger partial charge in [0.15, 0.2) is 0 Å². The summed E-state index contributed by atoms with van der Waals surface area (Å²) >= 11 is 0. The Labute approximate surface area is 97.8 Å². The lowest BCUT2D eigenvalue weighted by atomic mass is 10.2. The first kappa shape index (κ1) is 13.1. The summed E-state index contributed by atoms with van der Waals surface area (Å²) in [7, 11) is 0. The van der Waals surface area contributed by atoms with E-state index in [2.05, 4.69) is 15.6 Å². The van der Waals surface area contributed by atoms with Crippen molar-refractivity contribution in [2.45, 2.75) is 32.5 Å². The van der Waals surface area contributed by atoms with E-state index in [9.17, 15) is 9.59 Å². The Bertz CT molecular complexity index is 401. The number of carbonyl (C=O) groups is 2. The number of carboxylic acids is 1. The number of amides is 1. The number of nitrogens with two attached hydrogens (primary N) is 1. The van der Waals surface area contributed by atoms with E-state index in [-0.39, 0.29) is 31.5 Å². The third kappa shape index (κ3) is 5.07. The zero-order valence-electron chi connectivity index (χ0n) is 9.46. The summed E-state index contributed by atoms with van der Waals surface area (Å²) in [5, 5.41) is 18.5. The Hall–Kier alpha value is -1.96. The highest BCUT2D eigenvalue weighted by Crippen LogP contribution is 1.94. The zero-order valence-corrected chi connectivity index (χ0v) is 9.46. The van der Waals surface area contributed by atoms with Gasteiger partial charge < -0.3 is 16.2 Å². The third-order valence-corrected chi connectivity index (χ3v) is 1.86. The van der Waals surface area contributed by atoms with Gasteiger partial charge in [0, 0.05) is 12.5 Å². The number of rotatable bonds is 6. The largest absolute Gasteiger partial charge is 0.480 e. The van der Waals surface area contributed by atoms with E-state index in [1.54, 1.807) is 6.92 Å². The molecule has 0 fully saturated rings. The van der Waals surface area contributed by atoms with Crippen LogP contribution in [0, 0.1) is 0 Å². The fourth-order valence-electron chi connectivity index (χ4n) is 1.19. The van der Waals surface area contributed by atoms with Crippen LogP contribution in [-0.4, -0.2) is 38.0 Å². The van der Waals surface area contributed by atoms with Gasteiger partial charge in [-0.3, -0.25) is 9.59 Å². The summed E-state index contributed by atoms with van der Waals surface area (Å²) in [6, 6.07) is -0.197. The third-order valence-electron chi connectivity index (χ3n) is 1.86. The number of aromatic nitrogens is 3. The molecule has 1 unspecified atom stereocenters. The predicted octanol–water partition coefficient (Wildman–Crippen LogP) is -1.28. The molecule has 0 aliphatic heterocycles. The van der Waals surface area contributed by atoms with Gasteiger partial charge in [0.1, 0.15) is 12.2 Å². The average molecular weight is 241 g/mol. The molecule has 1 atom stereocenters. The molecule has 1 aromatic heterocycles. The number of nitrogens with one attached hydrogen (secondary N) is 1. The summed E-state index contributed by atoms with van der Waals surface area (Å²) in [6.07, 6.45) is 1.71. The van der Waals surface area contributed by atoms with Gasteiger partial charge in [0.2, 0.25) is 5.91 Å². The molecule has 0 aliphatic carbocycles. The molecule has 1 aromatic rings. The Balaban J connectivity index is 2.39. The molecule has 0 bridgehead atoms. The van der Waals surface area contributed by atoms with Gasteiger partial charge in [0.25, 0.3) is 0 Å². The standard InChI is InChI=1S/C9H15N5O3/c1-6(10)2-8(15)11-3-7-4-14(13-12-7)5-9(16)17/h4,6H,2-3,5,10H2,1H3,(H,11,15)(H,16,17). The normalized spacial score (nSPS) is 12.1. The zero-order chi connectivity index (χ0) is 12.8. The van der Waals surface area contributed by atoms with Crippen molar-refractivity contribution >= 4 is 11.9 Å². The van der Waals surface area contributed by atoms with Crippen LogP contribution in [0.25, 0.3) is 0 Å². The summed E-state index contributed by atoms with van der Waals surface area (Å²) < 4.78 is 1.19. The first-order chi connectivity index (χ1) is 7.97. The molecule has 1 rings (SSSR count). The second-order valence-corrected chi connectivity index (χ2v) is 3.76. The molecule has 0 spiro atoms. The van der Waals surface area contributed by atoms with Crippen LogP contribution in [-0.2, 0) is 22.7 Å². The minimum Gasteiger partial charge on any atom is -0.480 e. The number of hydrogen-bond donors (Lipinski definition) is 3. The molecule has 17 heavy (non-hydrogen) atoms. The lowest BCUT2D eigenvalue weighted by molar-refractivity contribution is -0.138. The van der Waals surface area contributed by atoms with Crippen molar-refractivity contribution in [1.82, 2.24) is 20.3 Å². The van der Waals surface area contributed by atoms with Crippen LogP contribution in [0.1, 0.15) is 19.0 Å². The molecule has 8 heteroatoms. The van der Waals surface area contributed by atoms with Crippen LogP contribution in [0.4, 0.5) is 0 Å². The van der Waals surface area contributed by atoms with Crippen LogP contribution >= 0.6 is 0 Å². The summed E-state index contributed by atoms with van der Waals surface area (Å²) in [5.74, 6) is -1.17. The molecule has 0 aliphatic rings. The van der Waals surface area contributed by atoms with Crippen molar-refractivity contribution in [3.63, 3.8) is 0 Å². The molecule has 0 saturated heterocycles. The Morgan fingerprint density at radius 2 is 2.35 bits per heavy atom. The quantitative estimate of drug-likeness (QED) is 0.569. The Morgan fingerprint density at radius 1 is 1.65 bits per heavy atom. The van der Waals surface area contributed by atoms with E-state index in [1.165, 1.54) is 10.9 Å². The summed E-state index contributed by atoms with van der Waals surface area (Å²) in [4.78, 5) is 21.7. The monoisotopic (exact) mass is 241 g/mol. The molecule has 0 saturated carbocycles. The van der Waals surface area contributed by atoms with E-state index in [4.69, 9.17) is 10.8 Å². The van der Waals surface area contributed by atoms with Crippen LogP contribution in [0.2, 0.25) is 0 Å². The van der Waals surface area contributed by atoms with E-state index in [0.29, 0.717) is 5.69 Å². The molecule has 1 heterocycles. The number of nitrogens with zero attached hydrogens (tertiary/aromatic N) is 3. The summed E-state index contributed by atoms with van der Waals surface area (Å²) in [5.41, 5.74) is 5.97. The maximum Gasteiger partial charge on any atom is 0.325 e. The van der Waals surface area contributed by atoms with Gasteiger partial charge in [-0.25, -0.2) is 4.68 Å². The van der Waals surface area contributed by atoms with Crippen molar-refractivity contribution in [3.05, 3.63) is 11.9 Å². The van der Waals surface area contributed by atoms with Gasteiger partial charge in [-0.1, -0.05) is 5.21 Å². The topological polar surface area (TPSA) is 123 Å². The van der Waals surface area contributed by atoms with Crippen LogP contribution in [0.3, 0.4) is 0 Å². The van der Waals surface area contributed by atoms with Crippen LogP contribution in [0.5, 0.6) is 0 Å². The van der Waals surface area contributed by atoms with Crippen molar-refractivity contribution in [3.8, 4) is 0 Å². The SMILES string of the molecule is CC(N)CC(=O)NCc1cn(CC(=O)O)nn1. The fourth-order valence-corrected chi connectivity index (χ4v) is 1.19. The van der Waals surface area contributed by atoms with E-state index in [1.807, 2.05) is 0 Å². The first-order valence-corrected chi connectivity index (χ1v) is 5.10. The van der Waals surface area contributed by atoms with E-state index < -0.39 is 5.97 Å². The number of carboxylic acid groups (broad SMARTS) is 1. The van der Waals surface area contributed by atoms with Crippen molar-refractivity contribution < 1.29 is 14.7 Å². The van der Waals surface area contributed by atoms with Gasteiger partial charge in [-0.15, -0.1) is 5.10 Å². The second-order valence-electron chi connectivity index (χ2n) is 3.76. The van der Waals surface area contributed by atoms with Crippen molar-refractivity contribution in [2.75, 3.05) is 0 Å². The molecule has 0 aromatic carbocycles. The maximum absolute atomic E-state index is 11.3. The molecule has 8 nitrogen and oxygen atoms in total. The average Bonchev–Trinajstić information content (AvgIpc) is 2.60. The molecule has 94 valence electrons. The minimum absolute atomic E-state index is 0.173. The van der Waals surface area contributed by atoms with Crippen molar-refractivity contribution in [2.24, 2.45) is 5.73 Å². The highest BCUT2D eigenvalue weighted by Gasteiger charge is 2.07. The lowest BCUT2D eigenvalue weighted by Gasteiger charge is -2.04. The molecule has 1 amide bonds. The second kappa shape index (κ2) is 5.94. The smallest absolute Gasteiger partial charge is 0.325 e. The number of aliphatic carboxylic acids is 1. The van der Waals surface area contributed by atoms with Crippen LogP contribution < -0.4 is 11.1 Å². The van der Waals surface area contributed by atoms with Gasteiger partial charge in [-0.05, 0) is 6.92 Å². The van der Waals surface area contributed by atoms with Crippen molar-refractivity contribution in [1.29, 1.82) is 0 Å². The Kier molecular flexibility index (Phi) is 4.58. The van der Waals surface area contributed by atoms with Gasteiger partial charge in [-0.2, -0.15) is 0 Å². The van der Waals surface area contributed by atoms with Gasteiger partial charge >= 0.3 is 5.97 Å². The predicted molar refractivity (Wildman–Crippen MR) is 57.8 cm³/mol. The number of carbonyl (C=O) groups excluding carboxylic acids is 1. The minimum atomic E-state index is -0.998. The Morgan fingerprint density at radius 3 is 2.94 bits per heavy atom. The first-order valence-electron chi connectivity index (χ1n) is 5.10. The van der Waals surface area contributed by atoms with Gasteiger partial charge in [0.05, 0.1) is 12.7 Å². The van der Waals surface area contributed by atoms with E-state index >= 15 is 0 Å². The molecular weight excluding hydrogens is 226 g/mol. The summed E-state index contributed by atoms with van der Waals surface area (Å²) in [6.45, 7) is 1.70. The van der Waals surface area contributed by atoms with E-state index in [0.717, 1.165) is 0 Å². The maximum atomic E-state index is 11.3. The molecule has 4 N–H and O–H groups in total. The fraction of sp³-hybridized carbons (Fsp3) is 0.556. The lowest BCUT2D eigenvalue weighted by Crippen LogP contribution is -2.29. The highest BCUT2D eigenvalue weighted by molar-refractivity contribution is 5.76. The molecular formula is C9H15N5O3. The highest BCUT2D eigenvalue weighted by atomic mass is 16.4. The van der Waals surface area contributed by atoms with Crippen LogP contribution in [0.15, 0.2) is 6.20 Å². The number of hydrogen-bond acceptors (Lipinski definition) is 5.